The Balaban J connectivity index is 1.66. The lowest BCUT2D eigenvalue weighted by molar-refractivity contribution is -0.137. The molecule has 4 nitrogen and oxygen atoms in total. The SMILES string of the molecule is COc1cc2c(cc1OC)C(c1cccs1)N(C(=O)Cc1ccc(C(F)(F)F)cc1)CC2. The summed E-state index contributed by atoms with van der Waals surface area (Å²) in [4.78, 5) is 16.1. The highest BCUT2D eigenvalue weighted by Gasteiger charge is 2.34. The van der Waals surface area contributed by atoms with Crippen molar-refractivity contribution in [3.05, 3.63) is 81.0 Å². The van der Waals surface area contributed by atoms with Crippen molar-refractivity contribution in [2.24, 2.45) is 0 Å². The van der Waals surface area contributed by atoms with Gasteiger partial charge in [-0.25, -0.2) is 0 Å². The maximum atomic E-state index is 13.3. The summed E-state index contributed by atoms with van der Waals surface area (Å²) in [6.45, 7) is 0.504. The van der Waals surface area contributed by atoms with Gasteiger partial charge in [-0.1, -0.05) is 18.2 Å². The third kappa shape index (κ3) is 4.32. The topological polar surface area (TPSA) is 38.8 Å². The van der Waals surface area contributed by atoms with Gasteiger partial charge >= 0.3 is 6.18 Å². The van der Waals surface area contributed by atoms with Crippen LogP contribution in [0.5, 0.6) is 11.5 Å². The Hall–Kier alpha value is -3.00. The molecule has 4 rings (SSSR count). The Morgan fingerprint density at radius 3 is 2.38 bits per heavy atom. The Labute approximate surface area is 188 Å². The molecule has 168 valence electrons. The van der Waals surface area contributed by atoms with E-state index in [4.69, 9.17) is 9.47 Å². The number of thiophene rings is 1. The molecule has 0 saturated heterocycles. The highest BCUT2D eigenvalue weighted by molar-refractivity contribution is 7.10. The maximum Gasteiger partial charge on any atom is 0.416 e. The number of nitrogens with zero attached hydrogens (tertiary/aromatic N) is 1. The van der Waals surface area contributed by atoms with E-state index in [2.05, 4.69) is 0 Å². The van der Waals surface area contributed by atoms with Gasteiger partial charge in [-0.15, -0.1) is 11.3 Å². The lowest BCUT2D eigenvalue weighted by Gasteiger charge is -2.37. The van der Waals surface area contributed by atoms with Gasteiger partial charge in [-0.2, -0.15) is 13.2 Å². The van der Waals surface area contributed by atoms with Gasteiger partial charge in [-0.05, 0) is 58.8 Å². The summed E-state index contributed by atoms with van der Waals surface area (Å²) in [5.41, 5.74) is 1.88. The lowest BCUT2D eigenvalue weighted by Crippen LogP contribution is -2.41. The van der Waals surface area contributed by atoms with Crippen LogP contribution in [0, 0.1) is 0 Å². The van der Waals surface area contributed by atoms with Crippen molar-refractivity contribution >= 4 is 17.2 Å². The van der Waals surface area contributed by atoms with Gasteiger partial charge in [0, 0.05) is 11.4 Å². The molecule has 1 aromatic heterocycles. The van der Waals surface area contributed by atoms with E-state index in [0.717, 1.165) is 28.1 Å². The molecule has 1 atom stereocenters. The predicted molar refractivity (Wildman–Crippen MR) is 116 cm³/mol. The van der Waals surface area contributed by atoms with Crippen molar-refractivity contribution in [1.82, 2.24) is 4.90 Å². The van der Waals surface area contributed by atoms with Crippen LogP contribution >= 0.6 is 11.3 Å². The highest BCUT2D eigenvalue weighted by atomic mass is 32.1. The number of alkyl halides is 3. The number of hydrogen-bond acceptors (Lipinski definition) is 4. The van der Waals surface area contributed by atoms with Gasteiger partial charge in [0.1, 0.15) is 0 Å². The van der Waals surface area contributed by atoms with E-state index in [9.17, 15) is 18.0 Å². The second-order valence-electron chi connectivity index (χ2n) is 7.53. The smallest absolute Gasteiger partial charge is 0.416 e. The van der Waals surface area contributed by atoms with Crippen molar-refractivity contribution in [1.29, 1.82) is 0 Å². The quantitative estimate of drug-likeness (QED) is 0.504. The minimum Gasteiger partial charge on any atom is -0.493 e. The van der Waals surface area contributed by atoms with Crippen molar-refractivity contribution in [3.63, 3.8) is 0 Å². The second kappa shape index (κ2) is 8.86. The Kier molecular flexibility index (Phi) is 6.15. The lowest BCUT2D eigenvalue weighted by atomic mass is 9.90. The molecular formula is C24H22F3NO3S. The third-order valence-corrected chi connectivity index (χ3v) is 6.57. The summed E-state index contributed by atoms with van der Waals surface area (Å²) in [6, 6.07) is 12.3. The summed E-state index contributed by atoms with van der Waals surface area (Å²) >= 11 is 1.56. The predicted octanol–water partition coefficient (Wildman–Crippen LogP) is 5.50. The molecule has 2 heterocycles. The van der Waals surface area contributed by atoms with Gasteiger partial charge in [0.2, 0.25) is 5.91 Å². The van der Waals surface area contributed by atoms with E-state index in [1.807, 2.05) is 29.6 Å². The van der Waals surface area contributed by atoms with Crippen LogP contribution in [-0.4, -0.2) is 31.6 Å². The van der Waals surface area contributed by atoms with Crippen molar-refractivity contribution in [3.8, 4) is 11.5 Å². The van der Waals surface area contributed by atoms with E-state index >= 15 is 0 Å². The molecule has 0 radical (unpaired) electrons. The van der Waals surface area contributed by atoms with Crippen molar-refractivity contribution < 1.29 is 27.4 Å². The minimum absolute atomic E-state index is 0.0304. The number of rotatable bonds is 5. The van der Waals surface area contributed by atoms with Gasteiger partial charge < -0.3 is 14.4 Å². The number of fused-ring (bicyclic) bond motifs is 1. The van der Waals surface area contributed by atoms with Crippen LogP contribution in [0.4, 0.5) is 13.2 Å². The van der Waals surface area contributed by atoms with Crippen LogP contribution in [0.3, 0.4) is 0 Å². The van der Waals surface area contributed by atoms with Crippen LogP contribution in [0.15, 0.2) is 53.9 Å². The standard InChI is InChI=1S/C24H22F3NO3S/c1-30-19-13-16-9-10-28(22(29)12-15-5-7-17(8-6-15)24(25,26)27)23(21-4-3-11-32-21)18(16)14-20(19)31-2/h3-8,11,13-14,23H,9-10,12H2,1-2H3. The first-order valence-corrected chi connectivity index (χ1v) is 10.9. The first-order valence-electron chi connectivity index (χ1n) is 10.1. The molecule has 1 amide bonds. The number of ether oxygens (including phenoxy) is 2. The fraction of sp³-hybridized carbons (Fsp3) is 0.292. The first kappa shape index (κ1) is 22.2. The molecule has 1 aliphatic rings. The first-order chi connectivity index (χ1) is 15.3. The zero-order chi connectivity index (χ0) is 22.9. The van der Waals surface area contributed by atoms with Crippen LogP contribution in [0.1, 0.15) is 33.2 Å². The number of methoxy groups -OCH3 is 2. The summed E-state index contributed by atoms with van der Waals surface area (Å²) in [5, 5.41) is 1.96. The number of carbonyl (C=O) groups is 1. The molecule has 8 heteroatoms. The molecule has 0 bridgehead atoms. The second-order valence-corrected chi connectivity index (χ2v) is 8.51. The maximum absolute atomic E-state index is 13.3. The number of amides is 1. The fourth-order valence-electron chi connectivity index (χ4n) is 4.06. The molecule has 32 heavy (non-hydrogen) atoms. The highest BCUT2D eigenvalue weighted by Crippen LogP contribution is 2.42. The number of benzene rings is 2. The Morgan fingerprint density at radius 2 is 1.78 bits per heavy atom. The molecule has 0 saturated carbocycles. The van der Waals surface area contributed by atoms with Crippen molar-refractivity contribution in [2.45, 2.75) is 25.1 Å². The molecule has 0 N–H and O–H groups in total. The van der Waals surface area contributed by atoms with E-state index in [-0.39, 0.29) is 18.4 Å². The largest absolute Gasteiger partial charge is 0.493 e. The zero-order valence-corrected chi connectivity index (χ0v) is 18.4. The van der Waals surface area contributed by atoms with Gasteiger partial charge in [0.15, 0.2) is 11.5 Å². The fourth-order valence-corrected chi connectivity index (χ4v) is 4.91. The minimum atomic E-state index is -4.40. The summed E-state index contributed by atoms with van der Waals surface area (Å²) in [6.07, 6.45) is -3.72. The third-order valence-electron chi connectivity index (χ3n) is 5.64. The van der Waals surface area contributed by atoms with Gasteiger partial charge in [0.25, 0.3) is 0 Å². The molecule has 0 spiro atoms. The monoisotopic (exact) mass is 461 g/mol. The molecule has 0 aliphatic carbocycles. The molecular weight excluding hydrogens is 439 g/mol. The summed E-state index contributed by atoms with van der Waals surface area (Å²) in [5.74, 6) is 1.09. The Morgan fingerprint density at radius 1 is 1.09 bits per heavy atom. The normalized spacial score (nSPS) is 15.9. The molecule has 1 unspecified atom stereocenters. The molecule has 3 aromatic rings. The van der Waals surface area contributed by atoms with E-state index in [0.29, 0.717) is 30.0 Å². The summed E-state index contributed by atoms with van der Waals surface area (Å²) in [7, 11) is 3.16. The van der Waals surface area contributed by atoms with Crippen molar-refractivity contribution in [2.75, 3.05) is 20.8 Å². The summed E-state index contributed by atoms with van der Waals surface area (Å²) < 4.78 is 49.4. The average Bonchev–Trinajstić information content (AvgIpc) is 3.31. The average molecular weight is 462 g/mol. The van der Waals surface area contributed by atoms with E-state index in [1.165, 1.54) is 12.1 Å². The van der Waals surface area contributed by atoms with Crippen LogP contribution in [0.2, 0.25) is 0 Å². The van der Waals surface area contributed by atoms with Crippen LogP contribution < -0.4 is 9.47 Å². The Bertz CT molecular complexity index is 1090. The molecule has 0 fully saturated rings. The number of halogens is 3. The van der Waals surface area contributed by atoms with Gasteiger partial charge in [-0.3, -0.25) is 4.79 Å². The molecule has 2 aromatic carbocycles. The van der Waals surface area contributed by atoms with E-state index in [1.54, 1.807) is 30.5 Å². The number of hydrogen-bond donors (Lipinski definition) is 0. The van der Waals surface area contributed by atoms with Gasteiger partial charge in [0.05, 0.1) is 32.2 Å². The number of carbonyl (C=O) groups excluding carboxylic acids is 1. The van der Waals surface area contributed by atoms with Crippen LogP contribution in [-0.2, 0) is 23.8 Å². The zero-order valence-electron chi connectivity index (χ0n) is 17.6. The van der Waals surface area contributed by atoms with Crippen LogP contribution in [0.25, 0.3) is 0 Å². The van der Waals surface area contributed by atoms with E-state index < -0.39 is 11.7 Å². The molecule has 1 aliphatic heterocycles.